The van der Waals surface area contributed by atoms with Crippen LogP contribution in [-0.2, 0) is 6.42 Å². The molecule has 1 atom stereocenters. The molecule has 5 nitrogen and oxygen atoms in total. The number of ether oxygens (including phenoxy) is 2. The normalized spacial score (nSPS) is 21.4. The van der Waals surface area contributed by atoms with Crippen molar-refractivity contribution in [1.29, 1.82) is 0 Å². The SMILES string of the molecule is COc1cc2c(cc1OC)Sc1ccc(Cl)cc1C([N+]1([O-])CCN(C)CC1)C2. The number of quaternary nitrogens is 1. The fourth-order valence-corrected chi connectivity index (χ4v) is 5.41. The van der Waals surface area contributed by atoms with Gasteiger partial charge >= 0.3 is 0 Å². The van der Waals surface area contributed by atoms with Crippen LogP contribution < -0.4 is 9.47 Å². The first-order valence-electron chi connectivity index (χ1n) is 9.42. The zero-order valence-corrected chi connectivity index (χ0v) is 18.0. The van der Waals surface area contributed by atoms with E-state index in [1.165, 1.54) is 0 Å². The number of hydrogen-bond acceptors (Lipinski definition) is 5. The minimum atomic E-state index is -0.216. The maximum Gasteiger partial charge on any atom is 0.161 e. The van der Waals surface area contributed by atoms with E-state index >= 15 is 0 Å². The van der Waals surface area contributed by atoms with Crippen LogP contribution >= 0.6 is 23.4 Å². The van der Waals surface area contributed by atoms with Crippen molar-refractivity contribution in [2.24, 2.45) is 0 Å². The van der Waals surface area contributed by atoms with Gasteiger partial charge in [-0.05, 0) is 42.9 Å². The molecular weight excluding hydrogens is 396 g/mol. The van der Waals surface area contributed by atoms with Crippen LogP contribution in [0.3, 0.4) is 0 Å². The second-order valence-electron chi connectivity index (χ2n) is 7.52. The molecule has 0 N–H and O–H groups in total. The van der Waals surface area contributed by atoms with E-state index in [1.54, 1.807) is 26.0 Å². The zero-order chi connectivity index (χ0) is 19.9. The number of fused-ring (bicyclic) bond motifs is 2. The molecule has 0 saturated carbocycles. The van der Waals surface area contributed by atoms with Crippen LogP contribution in [0.4, 0.5) is 0 Å². The number of benzene rings is 2. The van der Waals surface area contributed by atoms with Gasteiger partial charge in [-0.3, -0.25) is 4.90 Å². The van der Waals surface area contributed by atoms with E-state index in [0.29, 0.717) is 36.0 Å². The lowest BCUT2D eigenvalue weighted by molar-refractivity contribution is -0.915. The van der Waals surface area contributed by atoms with Gasteiger partial charge in [0.15, 0.2) is 11.5 Å². The van der Waals surface area contributed by atoms with Gasteiger partial charge in [-0.25, -0.2) is 0 Å². The van der Waals surface area contributed by atoms with Crippen LogP contribution in [0.15, 0.2) is 40.1 Å². The minimum absolute atomic E-state index is 0.186. The number of methoxy groups -OCH3 is 2. The highest BCUT2D eigenvalue weighted by Crippen LogP contribution is 2.48. The molecule has 0 bridgehead atoms. The summed E-state index contributed by atoms with van der Waals surface area (Å²) >= 11 is 8.02. The van der Waals surface area contributed by atoms with Gasteiger partial charge in [0.2, 0.25) is 0 Å². The van der Waals surface area contributed by atoms with Gasteiger partial charge in [-0.1, -0.05) is 23.4 Å². The van der Waals surface area contributed by atoms with Crippen LogP contribution in [-0.4, -0.2) is 57.0 Å². The summed E-state index contributed by atoms with van der Waals surface area (Å²) in [7, 11) is 5.36. The highest BCUT2D eigenvalue weighted by molar-refractivity contribution is 7.99. The number of piperazine rings is 1. The van der Waals surface area contributed by atoms with Gasteiger partial charge in [0.1, 0.15) is 6.04 Å². The molecule has 2 heterocycles. The quantitative estimate of drug-likeness (QED) is 0.545. The molecule has 1 unspecified atom stereocenters. The third-order valence-electron chi connectivity index (χ3n) is 5.82. The second kappa shape index (κ2) is 7.76. The van der Waals surface area contributed by atoms with Crippen molar-refractivity contribution in [3.05, 3.63) is 51.7 Å². The van der Waals surface area contributed by atoms with E-state index < -0.39 is 0 Å². The van der Waals surface area contributed by atoms with Crippen LogP contribution in [0.25, 0.3) is 0 Å². The van der Waals surface area contributed by atoms with Crippen molar-refractivity contribution in [3.8, 4) is 11.5 Å². The Bertz CT molecular complexity index is 884. The Hall–Kier alpha value is -1.44. The topological polar surface area (TPSA) is 44.8 Å². The molecule has 150 valence electrons. The maximum atomic E-state index is 13.9. The monoisotopic (exact) mass is 420 g/mol. The van der Waals surface area contributed by atoms with Crippen molar-refractivity contribution in [2.45, 2.75) is 22.3 Å². The first-order valence-corrected chi connectivity index (χ1v) is 10.6. The van der Waals surface area contributed by atoms with E-state index in [0.717, 1.165) is 34.0 Å². The number of likely N-dealkylation sites (N-methyl/N-ethyl adjacent to an activating group) is 1. The van der Waals surface area contributed by atoms with Crippen LogP contribution in [0, 0.1) is 5.21 Å². The summed E-state index contributed by atoms with van der Waals surface area (Å²) in [6.45, 7) is 2.78. The molecule has 4 rings (SSSR count). The van der Waals surface area contributed by atoms with Crippen molar-refractivity contribution < 1.29 is 14.1 Å². The summed E-state index contributed by atoms with van der Waals surface area (Å²) in [5.41, 5.74) is 2.17. The molecule has 0 amide bonds. The lowest BCUT2D eigenvalue weighted by Crippen LogP contribution is -2.57. The second-order valence-corrected chi connectivity index (χ2v) is 9.04. The number of halogens is 1. The summed E-state index contributed by atoms with van der Waals surface area (Å²) in [4.78, 5) is 4.41. The third kappa shape index (κ3) is 3.60. The smallest absolute Gasteiger partial charge is 0.161 e. The van der Waals surface area contributed by atoms with E-state index in [-0.39, 0.29) is 10.7 Å². The summed E-state index contributed by atoms with van der Waals surface area (Å²) in [5.74, 6) is 1.40. The van der Waals surface area contributed by atoms with E-state index in [4.69, 9.17) is 21.1 Å². The third-order valence-corrected chi connectivity index (χ3v) is 7.25. The Morgan fingerprint density at radius 1 is 1.07 bits per heavy atom. The molecule has 2 aliphatic rings. The molecule has 1 saturated heterocycles. The van der Waals surface area contributed by atoms with Gasteiger partial charge in [-0.2, -0.15) is 0 Å². The summed E-state index contributed by atoms with van der Waals surface area (Å²) in [6, 6.07) is 9.75. The summed E-state index contributed by atoms with van der Waals surface area (Å²) < 4.78 is 10.8. The number of hydroxylamine groups is 3. The van der Waals surface area contributed by atoms with Crippen LogP contribution in [0.1, 0.15) is 17.2 Å². The molecule has 0 spiro atoms. The van der Waals surface area contributed by atoms with Gasteiger partial charge in [0.25, 0.3) is 0 Å². The highest BCUT2D eigenvalue weighted by atomic mass is 35.5. The van der Waals surface area contributed by atoms with Crippen LogP contribution in [0.2, 0.25) is 5.02 Å². The fourth-order valence-electron chi connectivity index (χ4n) is 4.10. The predicted molar refractivity (Wildman–Crippen MR) is 112 cm³/mol. The van der Waals surface area contributed by atoms with Gasteiger partial charge in [-0.15, -0.1) is 0 Å². The largest absolute Gasteiger partial charge is 0.632 e. The van der Waals surface area contributed by atoms with Crippen molar-refractivity contribution in [2.75, 3.05) is 47.4 Å². The van der Waals surface area contributed by atoms with Crippen molar-refractivity contribution in [3.63, 3.8) is 0 Å². The fraction of sp³-hybridized carbons (Fsp3) is 0.429. The molecular formula is C21H25ClN2O3S. The Labute approximate surface area is 175 Å². The van der Waals surface area contributed by atoms with E-state index in [9.17, 15) is 5.21 Å². The molecule has 0 aliphatic carbocycles. The first-order chi connectivity index (χ1) is 13.4. The van der Waals surface area contributed by atoms with Crippen molar-refractivity contribution >= 4 is 23.4 Å². The van der Waals surface area contributed by atoms with Gasteiger partial charge in [0.05, 0.1) is 27.3 Å². The van der Waals surface area contributed by atoms with Crippen molar-refractivity contribution in [1.82, 2.24) is 4.90 Å². The number of nitrogens with zero attached hydrogens (tertiary/aromatic N) is 2. The van der Waals surface area contributed by atoms with E-state index in [2.05, 4.69) is 11.9 Å². The predicted octanol–water partition coefficient (Wildman–Crippen LogP) is 4.37. The lowest BCUT2D eigenvalue weighted by Gasteiger charge is -2.52. The Morgan fingerprint density at radius 2 is 1.75 bits per heavy atom. The molecule has 7 heteroatoms. The highest BCUT2D eigenvalue weighted by Gasteiger charge is 2.37. The molecule has 0 aromatic heterocycles. The Kier molecular flexibility index (Phi) is 5.51. The summed E-state index contributed by atoms with van der Waals surface area (Å²) in [6.07, 6.45) is 0.656. The Morgan fingerprint density at radius 3 is 2.43 bits per heavy atom. The zero-order valence-electron chi connectivity index (χ0n) is 16.4. The number of hydrogen-bond donors (Lipinski definition) is 0. The first kappa shape index (κ1) is 19.9. The Balaban J connectivity index is 1.83. The maximum absolute atomic E-state index is 13.9. The summed E-state index contributed by atoms with van der Waals surface area (Å²) in [5, 5.41) is 14.6. The molecule has 2 aliphatic heterocycles. The lowest BCUT2D eigenvalue weighted by atomic mass is 9.95. The molecule has 1 fully saturated rings. The molecule has 28 heavy (non-hydrogen) atoms. The minimum Gasteiger partial charge on any atom is -0.632 e. The standard InChI is InChI=1S/C21H25ClN2O3S/c1-23-6-8-24(25,9-7-23)17-10-14-11-18(26-2)19(27-3)13-21(14)28-20-5-4-15(22)12-16(17)20/h4-5,11-13,17H,6-10H2,1-3H3. The van der Waals surface area contributed by atoms with Crippen LogP contribution in [0.5, 0.6) is 11.5 Å². The molecule has 2 aromatic carbocycles. The number of rotatable bonds is 3. The average molecular weight is 421 g/mol. The molecule has 2 aromatic rings. The van der Waals surface area contributed by atoms with E-state index in [1.807, 2.05) is 30.3 Å². The van der Waals surface area contributed by atoms with Gasteiger partial charge < -0.3 is 19.3 Å². The molecule has 0 radical (unpaired) electrons. The van der Waals surface area contributed by atoms with Gasteiger partial charge in [0, 0.05) is 39.9 Å². The average Bonchev–Trinajstić information content (AvgIpc) is 2.85.